The molecule has 0 amide bonds. The number of aryl methyl sites for hydroxylation is 3. The summed E-state index contributed by atoms with van der Waals surface area (Å²) < 4.78 is 2.10. The van der Waals surface area contributed by atoms with Gasteiger partial charge in [0.15, 0.2) is 0 Å². The molecule has 0 fully saturated rings. The molecule has 1 heterocycles. The molecule has 3 nitrogen and oxygen atoms in total. The fraction of sp³-hybridized carbons (Fsp3) is 0.308. The van der Waals surface area contributed by atoms with Crippen LogP contribution in [0, 0.1) is 20.8 Å². The van der Waals surface area contributed by atoms with Crippen LogP contribution in [0.15, 0.2) is 24.4 Å². The lowest BCUT2D eigenvalue weighted by atomic mass is 10.1. The largest absolute Gasteiger partial charge is 0.325 e. The SMILES string of the molecule is Cc1ccc(C)c(-n2cc(CN)nc2C)c1. The Balaban J connectivity index is 2.57. The van der Waals surface area contributed by atoms with E-state index in [1.165, 1.54) is 16.8 Å². The van der Waals surface area contributed by atoms with E-state index in [0.717, 1.165) is 11.5 Å². The maximum absolute atomic E-state index is 5.60. The molecule has 0 aliphatic rings. The summed E-state index contributed by atoms with van der Waals surface area (Å²) in [6.07, 6.45) is 2.01. The molecule has 84 valence electrons. The molecule has 0 radical (unpaired) electrons. The van der Waals surface area contributed by atoms with Crippen LogP contribution in [0.25, 0.3) is 5.69 Å². The van der Waals surface area contributed by atoms with Crippen LogP contribution in [-0.4, -0.2) is 9.55 Å². The molecule has 0 atom stereocenters. The number of rotatable bonds is 2. The first kappa shape index (κ1) is 10.9. The van der Waals surface area contributed by atoms with Crippen molar-refractivity contribution in [1.29, 1.82) is 0 Å². The van der Waals surface area contributed by atoms with Gasteiger partial charge in [-0.25, -0.2) is 4.98 Å². The quantitative estimate of drug-likeness (QED) is 0.835. The number of hydrogen-bond donors (Lipinski definition) is 1. The number of aromatic nitrogens is 2. The number of imidazole rings is 1. The molecule has 2 N–H and O–H groups in total. The molecule has 0 saturated carbocycles. The summed E-state index contributed by atoms with van der Waals surface area (Å²) in [5.74, 6) is 0.981. The van der Waals surface area contributed by atoms with Crippen molar-refractivity contribution < 1.29 is 0 Å². The van der Waals surface area contributed by atoms with E-state index in [4.69, 9.17) is 5.73 Å². The maximum Gasteiger partial charge on any atom is 0.110 e. The van der Waals surface area contributed by atoms with Gasteiger partial charge in [0.25, 0.3) is 0 Å². The average molecular weight is 215 g/mol. The first-order valence-corrected chi connectivity index (χ1v) is 5.44. The minimum Gasteiger partial charge on any atom is -0.325 e. The van der Waals surface area contributed by atoms with E-state index in [2.05, 4.69) is 41.6 Å². The molecular weight excluding hydrogens is 198 g/mol. The Kier molecular flexibility index (Phi) is 2.79. The second-order valence-electron chi connectivity index (χ2n) is 4.14. The number of nitrogens with zero attached hydrogens (tertiary/aromatic N) is 2. The highest BCUT2D eigenvalue weighted by Crippen LogP contribution is 2.18. The second-order valence-corrected chi connectivity index (χ2v) is 4.14. The van der Waals surface area contributed by atoms with Gasteiger partial charge < -0.3 is 10.3 Å². The Hall–Kier alpha value is -1.61. The number of benzene rings is 1. The Bertz CT molecular complexity index is 512. The molecule has 0 saturated heterocycles. The zero-order valence-electron chi connectivity index (χ0n) is 9.99. The zero-order chi connectivity index (χ0) is 11.7. The van der Waals surface area contributed by atoms with Crippen LogP contribution in [0.5, 0.6) is 0 Å². The van der Waals surface area contributed by atoms with Gasteiger partial charge in [0.1, 0.15) is 5.82 Å². The summed E-state index contributed by atoms with van der Waals surface area (Å²) in [5.41, 5.74) is 10.2. The number of nitrogens with two attached hydrogens (primary N) is 1. The molecular formula is C13H17N3. The van der Waals surface area contributed by atoms with Gasteiger partial charge >= 0.3 is 0 Å². The van der Waals surface area contributed by atoms with E-state index in [-0.39, 0.29) is 0 Å². The first-order valence-electron chi connectivity index (χ1n) is 5.44. The van der Waals surface area contributed by atoms with E-state index < -0.39 is 0 Å². The molecule has 16 heavy (non-hydrogen) atoms. The van der Waals surface area contributed by atoms with Crippen LogP contribution in [0.3, 0.4) is 0 Å². The molecule has 1 aromatic heterocycles. The Morgan fingerprint density at radius 3 is 2.62 bits per heavy atom. The van der Waals surface area contributed by atoms with Gasteiger partial charge in [0.05, 0.1) is 5.69 Å². The van der Waals surface area contributed by atoms with E-state index in [9.17, 15) is 0 Å². The minimum atomic E-state index is 0.485. The van der Waals surface area contributed by atoms with E-state index in [1.807, 2.05) is 13.1 Å². The lowest BCUT2D eigenvalue weighted by Crippen LogP contribution is -1.98. The molecule has 0 bridgehead atoms. The fourth-order valence-corrected chi connectivity index (χ4v) is 1.85. The van der Waals surface area contributed by atoms with Gasteiger partial charge in [0, 0.05) is 18.4 Å². The summed E-state index contributed by atoms with van der Waals surface area (Å²) in [6, 6.07) is 6.42. The summed E-state index contributed by atoms with van der Waals surface area (Å²) in [5, 5.41) is 0. The molecule has 1 aromatic carbocycles. The Morgan fingerprint density at radius 2 is 2.00 bits per heavy atom. The van der Waals surface area contributed by atoms with Crippen LogP contribution in [-0.2, 0) is 6.54 Å². The fourth-order valence-electron chi connectivity index (χ4n) is 1.85. The van der Waals surface area contributed by atoms with Gasteiger partial charge in [-0.05, 0) is 38.0 Å². The standard InChI is InChI=1S/C13H17N3/c1-9-4-5-10(2)13(6-9)16-8-12(7-14)15-11(16)3/h4-6,8H,7,14H2,1-3H3. The van der Waals surface area contributed by atoms with Crippen LogP contribution < -0.4 is 5.73 Å². The molecule has 2 rings (SSSR count). The van der Waals surface area contributed by atoms with Gasteiger partial charge in [-0.3, -0.25) is 0 Å². The molecule has 0 aliphatic heterocycles. The third-order valence-corrected chi connectivity index (χ3v) is 2.77. The molecule has 0 unspecified atom stereocenters. The Morgan fingerprint density at radius 1 is 1.25 bits per heavy atom. The highest BCUT2D eigenvalue weighted by Gasteiger charge is 2.07. The topological polar surface area (TPSA) is 43.8 Å². The minimum absolute atomic E-state index is 0.485. The monoisotopic (exact) mass is 215 g/mol. The third-order valence-electron chi connectivity index (χ3n) is 2.77. The van der Waals surface area contributed by atoms with Crippen LogP contribution in [0.1, 0.15) is 22.6 Å². The van der Waals surface area contributed by atoms with Gasteiger partial charge in [-0.2, -0.15) is 0 Å². The van der Waals surface area contributed by atoms with Crippen LogP contribution in [0.4, 0.5) is 0 Å². The first-order chi connectivity index (χ1) is 7.61. The highest BCUT2D eigenvalue weighted by molar-refractivity contribution is 5.44. The zero-order valence-corrected chi connectivity index (χ0v) is 9.99. The molecule has 2 aromatic rings. The normalized spacial score (nSPS) is 10.8. The van der Waals surface area contributed by atoms with Crippen molar-refractivity contribution in [3.05, 3.63) is 47.0 Å². The lowest BCUT2D eigenvalue weighted by molar-refractivity contribution is 0.959. The summed E-state index contributed by atoms with van der Waals surface area (Å²) >= 11 is 0. The average Bonchev–Trinajstić information content (AvgIpc) is 2.63. The predicted molar refractivity (Wildman–Crippen MR) is 65.7 cm³/mol. The predicted octanol–water partition coefficient (Wildman–Crippen LogP) is 2.26. The van der Waals surface area contributed by atoms with E-state index in [1.54, 1.807) is 0 Å². The van der Waals surface area contributed by atoms with Crippen molar-refractivity contribution in [3.8, 4) is 5.69 Å². The highest BCUT2D eigenvalue weighted by atomic mass is 15.1. The Labute approximate surface area is 95.9 Å². The smallest absolute Gasteiger partial charge is 0.110 e. The van der Waals surface area contributed by atoms with Crippen LogP contribution in [0.2, 0.25) is 0 Å². The maximum atomic E-state index is 5.60. The van der Waals surface area contributed by atoms with Crippen molar-refractivity contribution in [1.82, 2.24) is 9.55 Å². The number of hydrogen-bond acceptors (Lipinski definition) is 2. The van der Waals surface area contributed by atoms with E-state index >= 15 is 0 Å². The summed E-state index contributed by atoms with van der Waals surface area (Å²) in [7, 11) is 0. The summed E-state index contributed by atoms with van der Waals surface area (Å²) in [6.45, 7) is 6.69. The van der Waals surface area contributed by atoms with Gasteiger partial charge in [-0.15, -0.1) is 0 Å². The van der Waals surface area contributed by atoms with Crippen molar-refractivity contribution in [2.24, 2.45) is 5.73 Å². The molecule has 0 spiro atoms. The van der Waals surface area contributed by atoms with Crippen molar-refractivity contribution in [3.63, 3.8) is 0 Å². The van der Waals surface area contributed by atoms with Crippen molar-refractivity contribution in [2.45, 2.75) is 27.3 Å². The second kappa shape index (κ2) is 4.10. The lowest BCUT2D eigenvalue weighted by Gasteiger charge is -2.09. The van der Waals surface area contributed by atoms with Crippen molar-refractivity contribution in [2.75, 3.05) is 0 Å². The van der Waals surface area contributed by atoms with Crippen LogP contribution >= 0.6 is 0 Å². The summed E-state index contributed by atoms with van der Waals surface area (Å²) in [4.78, 5) is 4.41. The third kappa shape index (κ3) is 1.86. The van der Waals surface area contributed by atoms with E-state index in [0.29, 0.717) is 6.54 Å². The van der Waals surface area contributed by atoms with Gasteiger partial charge in [0.2, 0.25) is 0 Å². The van der Waals surface area contributed by atoms with Crippen molar-refractivity contribution >= 4 is 0 Å². The van der Waals surface area contributed by atoms with Gasteiger partial charge in [-0.1, -0.05) is 12.1 Å². The molecule has 0 aliphatic carbocycles. The molecule has 3 heteroatoms.